The molecule has 1 unspecified atom stereocenters. The van der Waals surface area contributed by atoms with E-state index in [0.717, 1.165) is 11.3 Å². The second kappa shape index (κ2) is 5.63. The van der Waals surface area contributed by atoms with Crippen LogP contribution in [-0.2, 0) is 5.41 Å². The van der Waals surface area contributed by atoms with Crippen molar-refractivity contribution in [3.8, 4) is 11.5 Å². The lowest BCUT2D eigenvalue weighted by Crippen LogP contribution is -2.58. The Balaban J connectivity index is 1.92. The minimum Gasteiger partial charge on any atom is -0.496 e. The second-order valence-corrected chi connectivity index (χ2v) is 7.74. The third-order valence-electron chi connectivity index (χ3n) is 5.64. The van der Waals surface area contributed by atoms with Gasteiger partial charge in [0.05, 0.1) is 23.5 Å². The first-order chi connectivity index (χ1) is 12.7. The Hall–Kier alpha value is -2.73. The number of hydrogen-bond acceptors (Lipinski definition) is 5. The standard InChI is InChI=1S/C20H19ClN2O4/c1-19(2)15-10-13(21)5-6-16(15)22(3)20(19)8-7-12-9-14(26-4)11-17(23(24)25)18(12)27-20/h5-11H,1-4H3. The van der Waals surface area contributed by atoms with Gasteiger partial charge in [-0.2, -0.15) is 0 Å². The molecule has 140 valence electrons. The van der Waals surface area contributed by atoms with Gasteiger partial charge in [0.1, 0.15) is 5.75 Å². The maximum atomic E-state index is 11.7. The molecule has 0 aromatic heterocycles. The number of halogens is 1. The van der Waals surface area contributed by atoms with E-state index >= 15 is 0 Å². The smallest absolute Gasteiger partial charge is 0.315 e. The third kappa shape index (κ3) is 2.26. The molecule has 0 radical (unpaired) electrons. The van der Waals surface area contributed by atoms with E-state index in [1.54, 1.807) is 6.07 Å². The molecule has 6 nitrogen and oxygen atoms in total. The van der Waals surface area contributed by atoms with Crippen LogP contribution in [0.15, 0.2) is 36.4 Å². The van der Waals surface area contributed by atoms with E-state index in [9.17, 15) is 10.1 Å². The van der Waals surface area contributed by atoms with E-state index in [4.69, 9.17) is 21.1 Å². The van der Waals surface area contributed by atoms with Crippen LogP contribution < -0.4 is 14.4 Å². The highest BCUT2D eigenvalue weighted by Crippen LogP contribution is 2.56. The maximum absolute atomic E-state index is 11.7. The van der Waals surface area contributed by atoms with Gasteiger partial charge in [-0.15, -0.1) is 0 Å². The average Bonchev–Trinajstić information content (AvgIpc) is 2.79. The van der Waals surface area contributed by atoms with Crippen molar-refractivity contribution in [3.63, 3.8) is 0 Å². The van der Waals surface area contributed by atoms with Gasteiger partial charge in [-0.25, -0.2) is 0 Å². The topological polar surface area (TPSA) is 64.8 Å². The van der Waals surface area contributed by atoms with Crippen LogP contribution in [0.25, 0.3) is 6.08 Å². The zero-order chi connectivity index (χ0) is 19.6. The molecule has 0 fully saturated rings. The van der Waals surface area contributed by atoms with E-state index in [2.05, 4.69) is 13.8 Å². The number of nitro groups is 1. The first kappa shape index (κ1) is 17.7. The van der Waals surface area contributed by atoms with Crippen molar-refractivity contribution >= 4 is 29.1 Å². The summed E-state index contributed by atoms with van der Waals surface area (Å²) in [7, 11) is 3.40. The quantitative estimate of drug-likeness (QED) is 0.548. The number of likely N-dealkylation sites (N-methyl/N-ethyl adjacent to an activating group) is 1. The molecule has 27 heavy (non-hydrogen) atoms. The highest BCUT2D eigenvalue weighted by atomic mass is 35.5. The first-order valence-corrected chi connectivity index (χ1v) is 8.87. The van der Waals surface area contributed by atoms with Gasteiger partial charge in [0.25, 0.3) is 0 Å². The van der Waals surface area contributed by atoms with Crippen LogP contribution >= 0.6 is 11.6 Å². The monoisotopic (exact) mass is 386 g/mol. The van der Waals surface area contributed by atoms with Crippen molar-refractivity contribution in [2.75, 3.05) is 19.1 Å². The summed E-state index contributed by atoms with van der Waals surface area (Å²) in [6.45, 7) is 4.10. The molecule has 0 bridgehead atoms. The summed E-state index contributed by atoms with van der Waals surface area (Å²) in [6, 6.07) is 8.83. The molecule has 0 N–H and O–H groups in total. The lowest BCUT2D eigenvalue weighted by molar-refractivity contribution is -0.386. The number of benzene rings is 2. The van der Waals surface area contributed by atoms with Crippen LogP contribution in [0.4, 0.5) is 11.4 Å². The number of hydrogen-bond donors (Lipinski definition) is 0. The number of nitrogens with zero attached hydrogens (tertiary/aromatic N) is 2. The normalized spacial score (nSPS) is 21.6. The Labute approximate surface area is 162 Å². The van der Waals surface area contributed by atoms with Crippen molar-refractivity contribution < 1.29 is 14.4 Å². The minimum absolute atomic E-state index is 0.119. The summed E-state index contributed by atoms with van der Waals surface area (Å²) in [5, 5.41) is 12.3. The molecule has 0 amide bonds. The molecule has 2 aliphatic heterocycles. The number of anilines is 1. The van der Waals surface area contributed by atoms with Gasteiger partial charge < -0.3 is 14.4 Å². The minimum atomic E-state index is -0.910. The van der Waals surface area contributed by atoms with Crippen LogP contribution in [0, 0.1) is 10.1 Å². The molecule has 0 aliphatic carbocycles. The van der Waals surface area contributed by atoms with Crippen molar-refractivity contribution in [3.05, 3.63) is 62.7 Å². The maximum Gasteiger partial charge on any atom is 0.315 e. The fraction of sp³-hybridized carbons (Fsp3) is 0.300. The summed E-state index contributed by atoms with van der Waals surface area (Å²) in [5.41, 5.74) is 1.10. The van der Waals surface area contributed by atoms with Crippen molar-refractivity contribution in [2.45, 2.75) is 25.0 Å². The third-order valence-corrected chi connectivity index (χ3v) is 5.87. The van der Waals surface area contributed by atoms with Crippen LogP contribution in [0.2, 0.25) is 5.02 Å². The molecule has 2 aromatic rings. The molecule has 2 heterocycles. The summed E-state index contributed by atoms with van der Waals surface area (Å²) in [6.07, 6.45) is 3.81. The van der Waals surface area contributed by atoms with E-state index in [-0.39, 0.29) is 11.4 Å². The number of fused-ring (bicyclic) bond motifs is 2. The summed E-state index contributed by atoms with van der Waals surface area (Å²) in [4.78, 5) is 13.2. The number of ether oxygens (including phenoxy) is 2. The first-order valence-electron chi connectivity index (χ1n) is 8.50. The summed E-state index contributed by atoms with van der Waals surface area (Å²) >= 11 is 6.23. The lowest BCUT2D eigenvalue weighted by atomic mass is 9.76. The zero-order valence-corrected chi connectivity index (χ0v) is 16.2. The largest absolute Gasteiger partial charge is 0.496 e. The highest BCUT2D eigenvalue weighted by Gasteiger charge is 2.58. The van der Waals surface area contributed by atoms with Gasteiger partial charge >= 0.3 is 5.69 Å². The summed E-state index contributed by atoms with van der Waals surface area (Å²) in [5.74, 6) is 0.654. The number of nitro benzene ring substituents is 1. The molecular formula is C20H19ClN2O4. The molecule has 0 saturated heterocycles. The predicted octanol–water partition coefficient (Wildman–Crippen LogP) is 4.79. The molecule has 2 aromatic carbocycles. The SMILES string of the molecule is COc1cc2c(c([N+](=O)[O-])c1)OC1(C=C2)N(C)c2ccc(Cl)cc2C1(C)C. The van der Waals surface area contributed by atoms with Crippen molar-refractivity contribution in [2.24, 2.45) is 0 Å². The Bertz CT molecular complexity index is 1000. The van der Waals surface area contributed by atoms with Crippen molar-refractivity contribution in [1.82, 2.24) is 0 Å². The Kier molecular flexibility index (Phi) is 3.69. The van der Waals surface area contributed by atoms with Gasteiger partial charge in [0, 0.05) is 23.3 Å². The van der Waals surface area contributed by atoms with E-state index in [1.165, 1.54) is 13.2 Å². The van der Waals surface area contributed by atoms with Gasteiger partial charge in [-0.05, 0) is 55.8 Å². The van der Waals surface area contributed by atoms with E-state index in [0.29, 0.717) is 16.3 Å². The lowest BCUT2D eigenvalue weighted by Gasteiger charge is -2.45. The molecule has 4 rings (SSSR count). The Morgan fingerprint density at radius 3 is 2.67 bits per heavy atom. The Morgan fingerprint density at radius 1 is 1.26 bits per heavy atom. The van der Waals surface area contributed by atoms with Gasteiger partial charge in [0.2, 0.25) is 11.5 Å². The fourth-order valence-electron chi connectivity index (χ4n) is 4.10. The van der Waals surface area contributed by atoms with Crippen LogP contribution in [-0.4, -0.2) is 24.8 Å². The van der Waals surface area contributed by atoms with Gasteiger partial charge in [-0.1, -0.05) is 11.6 Å². The average molecular weight is 387 g/mol. The Morgan fingerprint density at radius 2 is 2.00 bits per heavy atom. The molecule has 1 spiro atoms. The number of rotatable bonds is 2. The van der Waals surface area contributed by atoms with Crippen LogP contribution in [0.3, 0.4) is 0 Å². The molecule has 0 saturated carbocycles. The number of methoxy groups -OCH3 is 1. The van der Waals surface area contributed by atoms with Crippen LogP contribution in [0.5, 0.6) is 11.5 Å². The van der Waals surface area contributed by atoms with E-state index in [1.807, 2.05) is 42.3 Å². The van der Waals surface area contributed by atoms with Gasteiger partial charge in [0.15, 0.2) is 0 Å². The van der Waals surface area contributed by atoms with Crippen LogP contribution in [0.1, 0.15) is 25.0 Å². The van der Waals surface area contributed by atoms with E-state index < -0.39 is 16.1 Å². The molecule has 2 aliphatic rings. The molecule has 7 heteroatoms. The zero-order valence-electron chi connectivity index (χ0n) is 15.4. The predicted molar refractivity (Wildman–Crippen MR) is 105 cm³/mol. The summed E-state index contributed by atoms with van der Waals surface area (Å²) < 4.78 is 11.6. The second-order valence-electron chi connectivity index (χ2n) is 7.30. The fourth-order valence-corrected chi connectivity index (χ4v) is 4.27. The van der Waals surface area contributed by atoms with Crippen molar-refractivity contribution in [1.29, 1.82) is 0 Å². The highest BCUT2D eigenvalue weighted by molar-refractivity contribution is 6.30. The molecular weight excluding hydrogens is 368 g/mol. The molecule has 1 atom stereocenters. The van der Waals surface area contributed by atoms with Gasteiger partial charge in [-0.3, -0.25) is 10.1 Å².